The van der Waals surface area contributed by atoms with E-state index in [1.807, 2.05) is 6.07 Å². The molecule has 1 aliphatic heterocycles. The number of hydrogen-bond acceptors (Lipinski definition) is 3. The third-order valence-electron chi connectivity index (χ3n) is 3.08. The molecule has 0 saturated carbocycles. The number of carbonyl (C=O) groups excluding carboxylic acids is 1. The largest absolute Gasteiger partial charge is 0.376 e. The zero-order chi connectivity index (χ0) is 11.9. The molecule has 0 aliphatic carbocycles. The smallest absolute Gasteiger partial charge is 0.120 e. The molecule has 3 nitrogen and oxygen atoms in total. The maximum absolute atomic E-state index is 10.4. The minimum absolute atomic E-state index is 0.220. The van der Waals surface area contributed by atoms with Crippen LogP contribution in [0.1, 0.15) is 18.4 Å². The Labute approximate surface area is 102 Å². The fourth-order valence-corrected chi connectivity index (χ4v) is 2.19. The van der Waals surface area contributed by atoms with Gasteiger partial charge in [0.25, 0.3) is 0 Å². The van der Waals surface area contributed by atoms with Gasteiger partial charge in [0.1, 0.15) is 6.29 Å². The minimum atomic E-state index is 0.220. The van der Waals surface area contributed by atoms with Crippen molar-refractivity contribution in [1.82, 2.24) is 4.90 Å². The topological polar surface area (TPSA) is 29.5 Å². The maximum atomic E-state index is 10.4. The molecule has 1 aromatic rings. The Morgan fingerprint density at radius 1 is 1.35 bits per heavy atom. The monoisotopic (exact) mass is 233 g/mol. The molecule has 0 bridgehead atoms. The predicted molar refractivity (Wildman–Crippen MR) is 66.8 cm³/mol. The zero-order valence-electron chi connectivity index (χ0n) is 10.0. The summed E-state index contributed by atoms with van der Waals surface area (Å²) in [6, 6.07) is 10.5. The van der Waals surface area contributed by atoms with E-state index in [1.54, 1.807) is 0 Å². The van der Waals surface area contributed by atoms with E-state index >= 15 is 0 Å². The Bertz CT molecular complexity index is 339. The first kappa shape index (κ1) is 12.3. The molecule has 92 valence electrons. The van der Waals surface area contributed by atoms with Gasteiger partial charge in [-0.05, 0) is 12.0 Å². The number of ether oxygens (including phenoxy) is 1. The highest BCUT2D eigenvalue weighted by molar-refractivity contribution is 5.49. The molecule has 2 rings (SSSR count). The lowest BCUT2D eigenvalue weighted by Crippen LogP contribution is -2.41. The Morgan fingerprint density at radius 2 is 2.18 bits per heavy atom. The number of morpholine rings is 1. The van der Waals surface area contributed by atoms with Crippen LogP contribution in [0.3, 0.4) is 0 Å². The molecule has 1 saturated heterocycles. The van der Waals surface area contributed by atoms with Crippen molar-refractivity contribution in [1.29, 1.82) is 0 Å². The van der Waals surface area contributed by atoms with E-state index in [2.05, 4.69) is 29.2 Å². The van der Waals surface area contributed by atoms with Gasteiger partial charge in [0.05, 0.1) is 12.7 Å². The highest BCUT2D eigenvalue weighted by Gasteiger charge is 2.19. The summed E-state index contributed by atoms with van der Waals surface area (Å²) in [5.74, 6) is 0. The van der Waals surface area contributed by atoms with Crippen LogP contribution in [0.25, 0.3) is 0 Å². The average Bonchev–Trinajstić information content (AvgIpc) is 2.38. The molecule has 0 amide bonds. The van der Waals surface area contributed by atoms with Gasteiger partial charge in [0, 0.05) is 26.1 Å². The molecule has 3 heteroatoms. The summed E-state index contributed by atoms with van der Waals surface area (Å²) in [5, 5.41) is 0. The molecule has 1 fully saturated rings. The van der Waals surface area contributed by atoms with E-state index in [0.717, 1.165) is 38.9 Å². The lowest BCUT2D eigenvalue weighted by molar-refractivity contribution is -0.109. The fraction of sp³-hybridized carbons (Fsp3) is 0.500. The molecule has 1 heterocycles. The van der Waals surface area contributed by atoms with Gasteiger partial charge in [-0.3, -0.25) is 4.90 Å². The van der Waals surface area contributed by atoms with Gasteiger partial charge in [-0.2, -0.15) is 0 Å². The second-order valence-electron chi connectivity index (χ2n) is 4.46. The first-order valence-corrected chi connectivity index (χ1v) is 6.20. The van der Waals surface area contributed by atoms with Gasteiger partial charge in [0.15, 0.2) is 0 Å². The van der Waals surface area contributed by atoms with Crippen LogP contribution in [0, 0.1) is 0 Å². The van der Waals surface area contributed by atoms with E-state index in [-0.39, 0.29) is 6.10 Å². The van der Waals surface area contributed by atoms with Crippen molar-refractivity contribution in [2.45, 2.75) is 25.5 Å². The summed E-state index contributed by atoms with van der Waals surface area (Å²) in [7, 11) is 0. The molecule has 1 unspecified atom stereocenters. The molecular formula is C14H19NO2. The minimum Gasteiger partial charge on any atom is -0.376 e. The van der Waals surface area contributed by atoms with Crippen LogP contribution in [0.4, 0.5) is 0 Å². The number of rotatable bonds is 5. The predicted octanol–water partition coefficient (Wildman–Crippen LogP) is 1.87. The normalized spacial score (nSPS) is 21.3. The van der Waals surface area contributed by atoms with Crippen LogP contribution in [0.15, 0.2) is 30.3 Å². The molecule has 1 atom stereocenters. The Balaban J connectivity index is 1.83. The van der Waals surface area contributed by atoms with Crippen LogP contribution in [-0.4, -0.2) is 37.0 Å². The number of nitrogens with zero attached hydrogens (tertiary/aromatic N) is 1. The first-order chi connectivity index (χ1) is 8.38. The standard InChI is InChI=1S/C14H19NO2/c16-9-4-7-14-12-15(8-10-17-14)11-13-5-2-1-3-6-13/h1-3,5-6,9,14H,4,7-8,10-12H2. The molecular weight excluding hydrogens is 214 g/mol. The van der Waals surface area contributed by atoms with Gasteiger partial charge >= 0.3 is 0 Å². The molecule has 0 aromatic heterocycles. The quantitative estimate of drug-likeness (QED) is 0.727. The van der Waals surface area contributed by atoms with Crippen molar-refractivity contribution in [3.05, 3.63) is 35.9 Å². The van der Waals surface area contributed by atoms with Gasteiger partial charge in [-0.1, -0.05) is 30.3 Å². The Morgan fingerprint density at radius 3 is 2.94 bits per heavy atom. The van der Waals surface area contributed by atoms with Crippen molar-refractivity contribution in [3.63, 3.8) is 0 Å². The summed E-state index contributed by atoms with van der Waals surface area (Å²) < 4.78 is 5.65. The third-order valence-corrected chi connectivity index (χ3v) is 3.08. The van der Waals surface area contributed by atoms with Crippen molar-refractivity contribution >= 4 is 6.29 Å². The van der Waals surface area contributed by atoms with E-state index in [9.17, 15) is 4.79 Å². The first-order valence-electron chi connectivity index (χ1n) is 6.20. The van der Waals surface area contributed by atoms with Crippen LogP contribution in [0.2, 0.25) is 0 Å². The van der Waals surface area contributed by atoms with Crippen LogP contribution in [-0.2, 0) is 16.1 Å². The molecule has 1 aliphatic rings. The molecule has 0 N–H and O–H groups in total. The average molecular weight is 233 g/mol. The lowest BCUT2D eigenvalue weighted by Gasteiger charge is -2.32. The van der Waals surface area contributed by atoms with E-state index in [4.69, 9.17) is 4.74 Å². The van der Waals surface area contributed by atoms with Gasteiger partial charge in [0.2, 0.25) is 0 Å². The highest BCUT2D eigenvalue weighted by atomic mass is 16.5. The third kappa shape index (κ3) is 3.95. The molecule has 0 radical (unpaired) electrons. The van der Waals surface area contributed by atoms with E-state index in [1.165, 1.54) is 5.56 Å². The number of hydrogen-bond donors (Lipinski definition) is 0. The van der Waals surface area contributed by atoms with Crippen molar-refractivity contribution in [2.24, 2.45) is 0 Å². The summed E-state index contributed by atoms with van der Waals surface area (Å²) in [6.07, 6.45) is 2.63. The van der Waals surface area contributed by atoms with Crippen molar-refractivity contribution < 1.29 is 9.53 Å². The summed E-state index contributed by atoms with van der Waals surface area (Å²) in [6.45, 7) is 3.66. The van der Waals surface area contributed by atoms with E-state index in [0.29, 0.717) is 6.42 Å². The number of carbonyl (C=O) groups is 1. The number of aldehydes is 1. The molecule has 0 spiro atoms. The van der Waals surface area contributed by atoms with E-state index < -0.39 is 0 Å². The van der Waals surface area contributed by atoms with Crippen molar-refractivity contribution in [3.8, 4) is 0 Å². The highest BCUT2D eigenvalue weighted by Crippen LogP contribution is 2.13. The second-order valence-corrected chi connectivity index (χ2v) is 4.46. The summed E-state index contributed by atoms with van der Waals surface area (Å²) in [5.41, 5.74) is 1.34. The fourth-order valence-electron chi connectivity index (χ4n) is 2.19. The maximum Gasteiger partial charge on any atom is 0.120 e. The molecule has 1 aromatic carbocycles. The summed E-state index contributed by atoms with van der Waals surface area (Å²) >= 11 is 0. The SMILES string of the molecule is O=CCCC1CN(Cc2ccccc2)CCO1. The van der Waals surface area contributed by atoms with Gasteiger partial charge < -0.3 is 9.53 Å². The zero-order valence-corrected chi connectivity index (χ0v) is 10.0. The second kappa shape index (κ2) is 6.52. The Hall–Kier alpha value is -1.19. The molecule has 17 heavy (non-hydrogen) atoms. The summed E-state index contributed by atoms with van der Waals surface area (Å²) in [4.78, 5) is 12.7. The van der Waals surface area contributed by atoms with Crippen LogP contribution >= 0.6 is 0 Å². The Kier molecular flexibility index (Phi) is 4.71. The van der Waals surface area contributed by atoms with Crippen LogP contribution in [0.5, 0.6) is 0 Å². The van der Waals surface area contributed by atoms with Gasteiger partial charge in [-0.15, -0.1) is 0 Å². The number of benzene rings is 1. The van der Waals surface area contributed by atoms with Gasteiger partial charge in [-0.25, -0.2) is 0 Å². The lowest BCUT2D eigenvalue weighted by atomic mass is 10.1. The van der Waals surface area contributed by atoms with Crippen LogP contribution < -0.4 is 0 Å². The van der Waals surface area contributed by atoms with Crippen molar-refractivity contribution in [2.75, 3.05) is 19.7 Å².